The Morgan fingerprint density at radius 3 is 2.66 bits per heavy atom. The molecule has 0 radical (unpaired) electrons. The van der Waals surface area contributed by atoms with Gasteiger partial charge in [-0.2, -0.15) is 0 Å². The maximum absolute atomic E-state index is 12.6. The number of amides is 2. The molecule has 4 aromatic rings. The molecule has 0 bridgehead atoms. The second-order valence-corrected chi connectivity index (χ2v) is 7.27. The maximum atomic E-state index is 12.6. The molecule has 3 aromatic carbocycles. The molecule has 1 aromatic heterocycles. The van der Waals surface area contributed by atoms with E-state index in [2.05, 4.69) is 5.32 Å². The molecule has 5 nitrogen and oxygen atoms in total. The van der Waals surface area contributed by atoms with Crippen LogP contribution in [-0.2, 0) is 17.8 Å². The number of nitrogens with one attached hydrogen (secondary N) is 1. The summed E-state index contributed by atoms with van der Waals surface area (Å²) < 4.78 is 5.66. The van der Waals surface area contributed by atoms with Crippen molar-refractivity contribution in [1.82, 2.24) is 10.2 Å². The molecule has 1 N–H and O–H groups in total. The molecule has 0 spiro atoms. The molecular formula is C24H22N2O3. The average Bonchev–Trinajstić information content (AvgIpc) is 3.15. The molecule has 1 heterocycles. The molecule has 0 fully saturated rings. The Balaban J connectivity index is 1.49. The van der Waals surface area contributed by atoms with Crippen LogP contribution in [0.1, 0.15) is 21.5 Å². The number of hydrogen-bond donors (Lipinski definition) is 1. The first kappa shape index (κ1) is 18.7. The minimum atomic E-state index is -0.0926. The summed E-state index contributed by atoms with van der Waals surface area (Å²) in [4.78, 5) is 26.2. The van der Waals surface area contributed by atoms with Crippen molar-refractivity contribution in [1.29, 1.82) is 0 Å². The van der Waals surface area contributed by atoms with Gasteiger partial charge in [0, 0.05) is 37.2 Å². The van der Waals surface area contributed by atoms with Crippen molar-refractivity contribution in [2.75, 3.05) is 14.1 Å². The minimum absolute atomic E-state index is 0.0603. The summed E-state index contributed by atoms with van der Waals surface area (Å²) >= 11 is 0. The Morgan fingerprint density at radius 1 is 1.00 bits per heavy atom. The zero-order chi connectivity index (χ0) is 20.4. The summed E-state index contributed by atoms with van der Waals surface area (Å²) in [6.45, 7) is 0.365. The predicted octanol–water partition coefficient (Wildman–Crippen LogP) is 4.15. The van der Waals surface area contributed by atoms with Crippen LogP contribution >= 0.6 is 0 Å². The van der Waals surface area contributed by atoms with E-state index in [1.807, 2.05) is 54.6 Å². The van der Waals surface area contributed by atoms with Gasteiger partial charge in [0.2, 0.25) is 5.91 Å². The highest BCUT2D eigenvalue weighted by atomic mass is 16.3. The number of carbonyl (C=O) groups is 2. The van der Waals surface area contributed by atoms with Crippen molar-refractivity contribution in [2.45, 2.75) is 13.0 Å². The molecule has 0 unspecified atom stereocenters. The Hall–Kier alpha value is -3.60. The zero-order valence-corrected chi connectivity index (χ0v) is 16.4. The van der Waals surface area contributed by atoms with Crippen molar-refractivity contribution >= 4 is 33.6 Å². The molecule has 0 atom stereocenters. The van der Waals surface area contributed by atoms with Crippen molar-refractivity contribution in [3.05, 3.63) is 83.6 Å². The molecule has 4 rings (SSSR count). The Bertz CT molecular complexity index is 1210. The van der Waals surface area contributed by atoms with E-state index in [1.165, 1.54) is 4.90 Å². The van der Waals surface area contributed by atoms with Crippen LogP contribution in [-0.4, -0.2) is 30.8 Å². The van der Waals surface area contributed by atoms with Gasteiger partial charge in [0.05, 0.1) is 12.7 Å². The maximum Gasteiger partial charge on any atom is 0.253 e. The molecular weight excluding hydrogens is 364 g/mol. The van der Waals surface area contributed by atoms with E-state index in [1.54, 1.807) is 26.4 Å². The lowest BCUT2D eigenvalue weighted by molar-refractivity contribution is -0.120. The highest BCUT2D eigenvalue weighted by molar-refractivity contribution is 6.08. The standard InChI is InChI=1S/C24H22N2O3/c1-26(2)24(28)18-8-5-6-16(12-18)14-25-22(27)13-19-15-29-21-11-10-17-7-3-4-9-20(17)23(19)21/h3-12,15H,13-14H2,1-2H3,(H,25,27). The third-order valence-corrected chi connectivity index (χ3v) is 4.96. The van der Waals surface area contributed by atoms with E-state index in [0.29, 0.717) is 12.1 Å². The van der Waals surface area contributed by atoms with Gasteiger partial charge in [-0.25, -0.2) is 0 Å². The van der Waals surface area contributed by atoms with Gasteiger partial charge in [0.25, 0.3) is 5.91 Å². The molecule has 0 saturated heterocycles. The van der Waals surface area contributed by atoms with E-state index >= 15 is 0 Å². The molecule has 146 valence electrons. The fraction of sp³-hybridized carbons (Fsp3) is 0.167. The van der Waals surface area contributed by atoms with Gasteiger partial charge in [-0.05, 0) is 34.5 Å². The van der Waals surface area contributed by atoms with Crippen LogP contribution in [0.25, 0.3) is 21.7 Å². The lowest BCUT2D eigenvalue weighted by Gasteiger charge is -2.11. The van der Waals surface area contributed by atoms with E-state index in [0.717, 1.165) is 32.9 Å². The van der Waals surface area contributed by atoms with Crippen LogP contribution in [0.5, 0.6) is 0 Å². The van der Waals surface area contributed by atoms with Crippen LogP contribution in [0, 0.1) is 0 Å². The summed E-state index contributed by atoms with van der Waals surface area (Å²) in [6.07, 6.45) is 1.89. The SMILES string of the molecule is CN(C)C(=O)c1cccc(CNC(=O)Cc2coc3ccc4ccccc4c23)c1. The lowest BCUT2D eigenvalue weighted by Crippen LogP contribution is -2.25. The van der Waals surface area contributed by atoms with E-state index in [9.17, 15) is 9.59 Å². The molecule has 0 aliphatic carbocycles. The van der Waals surface area contributed by atoms with E-state index in [-0.39, 0.29) is 18.2 Å². The molecule has 2 amide bonds. The molecule has 5 heteroatoms. The summed E-state index contributed by atoms with van der Waals surface area (Å²) in [5.74, 6) is -0.153. The number of rotatable bonds is 5. The second kappa shape index (κ2) is 7.80. The number of furan rings is 1. The van der Waals surface area contributed by atoms with Crippen molar-refractivity contribution in [3.8, 4) is 0 Å². The lowest BCUT2D eigenvalue weighted by atomic mass is 10.0. The average molecular weight is 386 g/mol. The number of nitrogens with zero attached hydrogens (tertiary/aromatic N) is 1. The zero-order valence-electron chi connectivity index (χ0n) is 16.4. The summed E-state index contributed by atoms with van der Waals surface area (Å²) in [5.41, 5.74) is 3.13. The Kier molecular flexibility index (Phi) is 5.04. The van der Waals surface area contributed by atoms with Gasteiger partial charge in [-0.1, -0.05) is 42.5 Å². The quantitative estimate of drug-likeness (QED) is 0.561. The number of fused-ring (bicyclic) bond motifs is 3. The van der Waals surface area contributed by atoms with Gasteiger partial charge in [0.1, 0.15) is 5.58 Å². The number of hydrogen-bond acceptors (Lipinski definition) is 3. The van der Waals surface area contributed by atoms with Gasteiger partial charge < -0.3 is 14.6 Å². The van der Waals surface area contributed by atoms with Gasteiger partial charge >= 0.3 is 0 Å². The summed E-state index contributed by atoms with van der Waals surface area (Å²) in [6, 6.07) is 19.3. The molecule has 29 heavy (non-hydrogen) atoms. The van der Waals surface area contributed by atoms with E-state index < -0.39 is 0 Å². The number of benzene rings is 3. The first-order chi connectivity index (χ1) is 14.0. The van der Waals surface area contributed by atoms with Crippen LogP contribution in [0.15, 0.2) is 71.3 Å². The number of carbonyl (C=O) groups excluding carboxylic acids is 2. The third-order valence-electron chi connectivity index (χ3n) is 4.96. The van der Waals surface area contributed by atoms with Gasteiger partial charge in [-0.3, -0.25) is 9.59 Å². The minimum Gasteiger partial charge on any atom is -0.464 e. The van der Waals surface area contributed by atoms with Gasteiger partial charge in [0.15, 0.2) is 0 Å². The van der Waals surface area contributed by atoms with Gasteiger partial charge in [-0.15, -0.1) is 0 Å². The first-order valence-corrected chi connectivity index (χ1v) is 9.48. The predicted molar refractivity (Wildman–Crippen MR) is 114 cm³/mol. The Morgan fingerprint density at radius 2 is 1.83 bits per heavy atom. The van der Waals surface area contributed by atoms with Crippen LogP contribution in [0.4, 0.5) is 0 Å². The molecule has 0 aliphatic rings. The summed E-state index contributed by atoms with van der Waals surface area (Å²) in [7, 11) is 3.44. The normalized spacial score (nSPS) is 11.0. The second-order valence-electron chi connectivity index (χ2n) is 7.27. The first-order valence-electron chi connectivity index (χ1n) is 9.48. The highest BCUT2D eigenvalue weighted by Gasteiger charge is 2.13. The van der Waals surface area contributed by atoms with Crippen molar-refractivity contribution in [3.63, 3.8) is 0 Å². The monoisotopic (exact) mass is 386 g/mol. The smallest absolute Gasteiger partial charge is 0.253 e. The third kappa shape index (κ3) is 3.85. The van der Waals surface area contributed by atoms with Crippen LogP contribution in [0.3, 0.4) is 0 Å². The summed E-state index contributed by atoms with van der Waals surface area (Å²) in [5, 5.41) is 6.12. The van der Waals surface area contributed by atoms with Crippen molar-refractivity contribution in [2.24, 2.45) is 0 Å². The fourth-order valence-corrected chi connectivity index (χ4v) is 3.51. The fourth-order valence-electron chi connectivity index (χ4n) is 3.51. The molecule has 0 aliphatic heterocycles. The van der Waals surface area contributed by atoms with Crippen LogP contribution < -0.4 is 5.32 Å². The van der Waals surface area contributed by atoms with Crippen LogP contribution in [0.2, 0.25) is 0 Å². The Labute approximate surface area is 168 Å². The topological polar surface area (TPSA) is 62.6 Å². The van der Waals surface area contributed by atoms with E-state index in [4.69, 9.17) is 4.42 Å². The molecule has 0 saturated carbocycles. The largest absolute Gasteiger partial charge is 0.464 e. The van der Waals surface area contributed by atoms with Crippen molar-refractivity contribution < 1.29 is 14.0 Å². The highest BCUT2D eigenvalue weighted by Crippen LogP contribution is 2.30.